The van der Waals surface area contributed by atoms with Crippen molar-refractivity contribution in [2.75, 3.05) is 13.2 Å². The van der Waals surface area contributed by atoms with E-state index < -0.39 is 0 Å². The maximum Gasteiger partial charge on any atom is 0.315 e. The Balaban J connectivity index is 1.37. The van der Waals surface area contributed by atoms with Crippen molar-refractivity contribution in [3.8, 4) is 5.75 Å². The summed E-state index contributed by atoms with van der Waals surface area (Å²) < 4.78 is 11.5. The van der Waals surface area contributed by atoms with Gasteiger partial charge in [0.05, 0.1) is 12.1 Å². The highest BCUT2D eigenvalue weighted by Gasteiger charge is 2.36. The Morgan fingerprint density at radius 3 is 2.96 bits per heavy atom. The minimum Gasteiger partial charge on any atom is -0.491 e. The number of benzene rings is 1. The van der Waals surface area contributed by atoms with Crippen LogP contribution in [0.5, 0.6) is 5.75 Å². The lowest BCUT2D eigenvalue weighted by Gasteiger charge is -2.30. The quantitative estimate of drug-likeness (QED) is 0.842. The highest BCUT2D eigenvalue weighted by molar-refractivity contribution is 5.74. The third kappa shape index (κ3) is 5.13. The Labute approximate surface area is 144 Å². The summed E-state index contributed by atoms with van der Waals surface area (Å²) in [5.41, 5.74) is 1.16. The second kappa shape index (κ2) is 7.88. The van der Waals surface area contributed by atoms with Gasteiger partial charge in [-0.2, -0.15) is 0 Å². The van der Waals surface area contributed by atoms with Gasteiger partial charge in [0.2, 0.25) is 0 Å². The summed E-state index contributed by atoms with van der Waals surface area (Å²) in [7, 11) is 0. The van der Waals surface area contributed by atoms with Crippen LogP contribution in [0.3, 0.4) is 0 Å². The minimum absolute atomic E-state index is 0.0513. The number of ether oxygens (including phenoxy) is 2. The molecule has 1 saturated carbocycles. The predicted molar refractivity (Wildman–Crippen MR) is 93.3 cm³/mol. The summed E-state index contributed by atoms with van der Waals surface area (Å²) in [6.07, 6.45) is 4.72. The molecule has 5 nitrogen and oxygen atoms in total. The highest BCUT2D eigenvalue weighted by Crippen LogP contribution is 2.38. The van der Waals surface area contributed by atoms with Crippen LogP contribution in [0, 0.1) is 12.8 Å². The molecule has 1 aromatic carbocycles. The number of amides is 2. The lowest BCUT2D eigenvalue weighted by molar-refractivity contribution is -0.00919. The number of urea groups is 1. The smallest absolute Gasteiger partial charge is 0.315 e. The molecule has 2 aliphatic rings. The summed E-state index contributed by atoms with van der Waals surface area (Å²) >= 11 is 0. The summed E-state index contributed by atoms with van der Waals surface area (Å²) in [6, 6.07) is 7.98. The fourth-order valence-electron chi connectivity index (χ4n) is 3.17. The normalized spacial score (nSPS) is 24.9. The Kier molecular flexibility index (Phi) is 5.61. The van der Waals surface area contributed by atoms with Crippen molar-refractivity contribution in [2.24, 2.45) is 5.92 Å². The molecule has 5 heteroatoms. The molecule has 1 heterocycles. The zero-order valence-electron chi connectivity index (χ0n) is 14.6. The molecular weight excluding hydrogens is 304 g/mol. The lowest BCUT2D eigenvalue weighted by atomic mass is 10.0. The van der Waals surface area contributed by atoms with Crippen LogP contribution in [0.2, 0.25) is 0 Å². The van der Waals surface area contributed by atoms with Crippen LogP contribution in [0.25, 0.3) is 0 Å². The minimum atomic E-state index is -0.114. The van der Waals surface area contributed by atoms with Crippen molar-refractivity contribution in [3.05, 3.63) is 29.8 Å². The average molecular weight is 332 g/mol. The fraction of sp³-hybridized carbons (Fsp3) is 0.632. The number of carbonyl (C=O) groups is 1. The highest BCUT2D eigenvalue weighted by atomic mass is 16.5. The molecule has 0 aromatic heterocycles. The third-order valence-electron chi connectivity index (χ3n) is 4.67. The van der Waals surface area contributed by atoms with Crippen LogP contribution in [0.4, 0.5) is 4.79 Å². The van der Waals surface area contributed by atoms with E-state index in [-0.39, 0.29) is 18.1 Å². The molecule has 1 saturated heterocycles. The molecule has 2 amide bonds. The number of rotatable bonds is 6. The third-order valence-corrected chi connectivity index (χ3v) is 4.67. The second-order valence-corrected chi connectivity index (χ2v) is 7.11. The van der Waals surface area contributed by atoms with E-state index >= 15 is 0 Å². The summed E-state index contributed by atoms with van der Waals surface area (Å²) in [6.45, 7) is 5.19. The van der Waals surface area contributed by atoms with Gasteiger partial charge in [-0.25, -0.2) is 4.79 Å². The molecule has 2 N–H and O–H groups in total. The largest absolute Gasteiger partial charge is 0.491 e. The van der Waals surface area contributed by atoms with Crippen molar-refractivity contribution >= 4 is 6.03 Å². The first-order chi connectivity index (χ1) is 11.6. The van der Waals surface area contributed by atoms with E-state index in [0.717, 1.165) is 36.7 Å². The van der Waals surface area contributed by atoms with E-state index in [2.05, 4.69) is 10.6 Å². The van der Waals surface area contributed by atoms with Gasteiger partial charge in [0, 0.05) is 12.6 Å². The number of aryl methyl sites for hydroxylation is 1. The Morgan fingerprint density at radius 2 is 2.21 bits per heavy atom. The van der Waals surface area contributed by atoms with Gasteiger partial charge in [0.25, 0.3) is 0 Å². The molecule has 1 aliphatic heterocycles. The van der Waals surface area contributed by atoms with Gasteiger partial charge in [-0.15, -0.1) is 0 Å². The molecule has 1 aromatic rings. The Bertz CT molecular complexity index is 559. The monoisotopic (exact) mass is 332 g/mol. The fourth-order valence-corrected chi connectivity index (χ4v) is 3.17. The number of carbonyl (C=O) groups excluding carboxylic acids is 1. The van der Waals surface area contributed by atoms with Gasteiger partial charge in [-0.3, -0.25) is 0 Å². The standard InChI is InChI=1S/C19H28N2O3/c1-13-4-3-5-17(10-13)24-12-14(2)20-19(22)21-16-8-9-23-18(11-16)15-6-7-15/h3-5,10,14-16,18H,6-9,11-12H2,1-2H3,(H2,20,21,22)/t14-,16+,18+/m0/s1. The van der Waals surface area contributed by atoms with E-state index in [1.807, 2.05) is 38.1 Å². The van der Waals surface area contributed by atoms with E-state index in [1.54, 1.807) is 0 Å². The van der Waals surface area contributed by atoms with Crippen LogP contribution >= 0.6 is 0 Å². The molecule has 0 unspecified atom stereocenters. The van der Waals surface area contributed by atoms with Gasteiger partial charge >= 0.3 is 6.03 Å². The van der Waals surface area contributed by atoms with Crippen molar-refractivity contribution in [1.29, 1.82) is 0 Å². The Hall–Kier alpha value is -1.75. The van der Waals surface area contributed by atoms with Crippen LogP contribution < -0.4 is 15.4 Å². The van der Waals surface area contributed by atoms with Crippen molar-refractivity contribution < 1.29 is 14.3 Å². The number of hydrogen-bond acceptors (Lipinski definition) is 3. The molecule has 1 aliphatic carbocycles. The molecule has 0 radical (unpaired) electrons. The number of hydrogen-bond donors (Lipinski definition) is 2. The summed E-state index contributed by atoms with van der Waals surface area (Å²) in [5, 5.41) is 6.04. The van der Waals surface area contributed by atoms with Crippen LogP contribution in [-0.2, 0) is 4.74 Å². The van der Waals surface area contributed by atoms with Gasteiger partial charge in [-0.05, 0) is 63.1 Å². The maximum atomic E-state index is 12.2. The van der Waals surface area contributed by atoms with Gasteiger partial charge < -0.3 is 20.1 Å². The van der Waals surface area contributed by atoms with Crippen molar-refractivity contribution in [2.45, 2.75) is 57.7 Å². The van der Waals surface area contributed by atoms with E-state index in [9.17, 15) is 4.79 Å². The van der Waals surface area contributed by atoms with Crippen molar-refractivity contribution in [1.82, 2.24) is 10.6 Å². The summed E-state index contributed by atoms with van der Waals surface area (Å²) in [4.78, 5) is 12.2. The zero-order valence-corrected chi connectivity index (χ0v) is 14.6. The second-order valence-electron chi connectivity index (χ2n) is 7.11. The molecule has 3 rings (SSSR count). The average Bonchev–Trinajstić information content (AvgIpc) is 3.38. The maximum absolute atomic E-state index is 12.2. The molecule has 0 spiro atoms. The van der Waals surface area contributed by atoms with Gasteiger partial charge in [-0.1, -0.05) is 12.1 Å². The van der Waals surface area contributed by atoms with Gasteiger partial charge in [0.15, 0.2) is 0 Å². The summed E-state index contributed by atoms with van der Waals surface area (Å²) in [5.74, 6) is 1.56. The van der Waals surface area contributed by atoms with E-state index in [1.165, 1.54) is 12.8 Å². The lowest BCUT2D eigenvalue weighted by Crippen LogP contribution is -2.49. The molecule has 0 bridgehead atoms. The van der Waals surface area contributed by atoms with Crippen LogP contribution in [0.1, 0.15) is 38.2 Å². The van der Waals surface area contributed by atoms with Crippen molar-refractivity contribution in [3.63, 3.8) is 0 Å². The number of nitrogens with one attached hydrogen (secondary N) is 2. The molecule has 3 atom stereocenters. The first-order valence-electron chi connectivity index (χ1n) is 8.98. The van der Waals surface area contributed by atoms with Crippen LogP contribution in [0.15, 0.2) is 24.3 Å². The van der Waals surface area contributed by atoms with Crippen LogP contribution in [-0.4, -0.2) is 37.4 Å². The Morgan fingerprint density at radius 1 is 1.38 bits per heavy atom. The van der Waals surface area contributed by atoms with E-state index in [0.29, 0.717) is 12.7 Å². The molecule has 24 heavy (non-hydrogen) atoms. The predicted octanol–water partition coefficient (Wildman–Crippen LogP) is 3.02. The SMILES string of the molecule is Cc1cccc(OC[C@H](C)NC(=O)N[C@@H]2CCO[C@@H](C3CC3)C2)c1. The first kappa shape index (κ1) is 17.1. The molecular formula is C19H28N2O3. The molecule has 132 valence electrons. The topological polar surface area (TPSA) is 59.6 Å². The zero-order chi connectivity index (χ0) is 16.9. The van der Waals surface area contributed by atoms with E-state index in [4.69, 9.17) is 9.47 Å². The first-order valence-corrected chi connectivity index (χ1v) is 8.98. The van der Waals surface area contributed by atoms with Gasteiger partial charge in [0.1, 0.15) is 12.4 Å². The molecule has 2 fully saturated rings.